The molecular weight excluding hydrogens is 126 g/mol. The summed E-state index contributed by atoms with van der Waals surface area (Å²) in [5, 5.41) is 3.32. The van der Waals surface area contributed by atoms with E-state index in [4.69, 9.17) is 11.5 Å². The van der Waals surface area contributed by atoms with Crippen molar-refractivity contribution < 1.29 is 0 Å². The second kappa shape index (κ2) is 6.99. The molecule has 3 nitrogen and oxygen atoms in total. The number of hydrogen-bond donors (Lipinski definition) is 3. The van der Waals surface area contributed by atoms with Crippen LogP contribution in [0.5, 0.6) is 0 Å². The molecule has 0 aromatic carbocycles. The van der Waals surface area contributed by atoms with Gasteiger partial charge in [-0.05, 0) is 19.4 Å². The van der Waals surface area contributed by atoms with Crippen molar-refractivity contribution in [2.45, 2.75) is 25.8 Å². The van der Waals surface area contributed by atoms with Gasteiger partial charge in [-0.15, -0.1) is 0 Å². The van der Waals surface area contributed by atoms with Gasteiger partial charge in [-0.25, -0.2) is 0 Å². The first-order valence-corrected chi connectivity index (χ1v) is 3.98. The summed E-state index contributed by atoms with van der Waals surface area (Å²) >= 11 is 0. The van der Waals surface area contributed by atoms with Gasteiger partial charge in [0.15, 0.2) is 0 Å². The van der Waals surface area contributed by atoms with Crippen LogP contribution in [0.3, 0.4) is 0 Å². The molecular formula is C7H19N3. The van der Waals surface area contributed by atoms with Crippen molar-refractivity contribution in [3.63, 3.8) is 0 Å². The van der Waals surface area contributed by atoms with Gasteiger partial charge in [0.05, 0.1) is 0 Å². The van der Waals surface area contributed by atoms with Crippen LogP contribution in [0.2, 0.25) is 0 Å². The van der Waals surface area contributed by atoms with Crippen LogP contribution in [-0.4, -0.2) is 25.7 Å². The average molecular weight is 145 g/mol. The third kappa shape index (κ3) is 4.73. The highest BCUT2D eigenvalue weighted by molar-refractivity contribution is 4.64. The van der Waals surface area contributed by atoms with E-state index >= 15 is 0 Å². The fourth-order valence-corrected chi connectivity index (χ4v) is 0.939. The van der Waals surface area contributed by atoms with Crippen LogP contribution in [-0.2, 0) is 0 Å². The molecule has 0 spiro atoms. The summed E-state index contributed by atoms with van der Waals surface area (Å²) in [5.41, 5.74) is 10.7. The Balaban J connectivity index is 3.21. The summed E-state index contributed by atoms with van der Waals surface area (Å²) in [6.45, 7) is 4.53. The van der Waals surface area contributed by atoms with Gasteiger partial charge >= 0.3 is 0 Å². The van der Waals surface area contributed by atoms with Gasteiger partial charge in [-0.2, -0.15) is 0 Å². The molecule has 1 atom stereocenters. The molecule has 0 radical (unpaired) electrons. The van der Waals surface area contributed by atoms with Gasteiger partial charge in [0, 0.05) is 19.1 Å². The highest BCUT2D eigenvalue weighted by Crippen LogP contribution is 1.93. The van der Waals surface area contributed by atoms with Crippen LogP contribution in [0.1, 0.15) is 19.8 Å². The fourth-order valence-electron chi connectivity index (χ4n) is 0.939. The van der Waals surface area contributed by atoms with Gasteiger partial charge in [-0.3, -0.25) is 0 Å². The Bertz CT molecular complexity index is 65.9. The lowest BCUT2D eigenvalue weighted by Gasteiger charge is -2.14. The maximum atomic E-state index is 5.41. The van der Waals surface area contributed by atoms with Crippen LogP contribution in [0.15, 0.2) is 0 Å². The minimum absolute atomic E-state index is 0.563. The monoisotopic (exact) mass is 145 g/mol. The Morgan fingerprint density at radius 3 is 2.40 bits per heavy atom. The quantitative estimate of drug-likeness (QED) is 0.479. The first-order chi connectivity index (χ1) is 4.85. The zero-order valence-corrected chi connectivity index (χ0v) is 6.77. The van der Waals surface area contributed by atoms with E-state index in [1.54, 1.807) is 0 Å². The van der Waals surface area contributed by atoms with Gasteiger partial charge < -0.3 is 16.8 Å². The molecule has 0 amide bonds. The molecule has 0 saturated heterocycles. The Labute approximate surface area is 63.2 Å². The van der Waals surface area contributed by atoms with E-state index in [9.17, 15) is 0 Å². The topological polar surface area (TPSA) is 64.1 Å². The SMILES string of the molecule is CCC(CCN)NCCN. The molecule has 0 heterocycles. The molecule has 0 aromatic heterocycles. The summed E-state index contributed by atoms with van der Waals surface area (Å²) in [6, 6.07) is 0.563. The molecule has 0 aliphatic heterocycles. The maximum Gasteiger partial charge on any atom is 0.00771 e. The minimum Gasteiger partial charge on any atom is -0.330 e. The predicted octanol–water partition coefficient (Wildman–Crippen LogP) is -0.338. The van der Waals surface area contributed by atoms with Crippen molar-refractivity contribution >= 4 is 0 Å². The molecule has 1 unspecified atom stereocenters. The average Bonchev–Trinajstić information content (AvgIpc) is 1.98. The Morgan fingerprint density at radius 1 is 1.30 bits per heavy atom. The second-order valence-electron chi connectivity index (χ2n) is 2.43. The minimum atomic E-state index is 0.563. The Morgan fingerprint density at radius 2 is 2.00 bits per heavy atom. The zero-order valence-electron chi connectivity index (χ0n) is 6.77. The highest BCUT2D eigenvalue weighted by atomic mass is 14.9. The third-order valence-electron chi connectivity index (χ3n) is 1.59. The van der Waals surface area contributed by atoms with Gasteiger partial charge in [0.2, 0.25) is 0 Å². The van der Waals surface area contributed by atoms with E-state index in [1.807, 2.05) is 0 Å². The van der Waals surface area contributed by atoms with Crippen LogP contribution < -0.4 is 16.8 Å². The number of nitrogens with two attached hydrogens (primary N) is 2. The van der Waals surface area contributed by atoms with Crippen molar-refractivity contribution in [2.75, 3.05) is 19.6 Å². The molecule has 3 heteroatoms. The summed E-state index contributed by atoms with van der Waals surface area (Å²) in [6.07, 6.45) is 2.19. The summed E-state index contributed by atoms with van der Waals surface area (Å²) in [4.78, 5) is 0. The standard InChI is InChI=1S/C7H19N3/c1-2-7(3-4-8)10-6-5-9/h7,10H,2-6,8-9H2,1H3. The van der Waals surface area contributed by atoms with Crippen LogP contribution in [0.4, 0.5) is 0 Å². The van der Waals surface area contributed by atoms with Gasteiger partial charge in [0.1, 0.15) is 0 Å². The molecule has 10 heavy (non-hydrogen) atoms. The molecule has 0 aromatic rings. The largest absolute Gasteiger partial charge is 0.330 e. The van der Waals surface area contributed by atoms with E-state index < -0.39 is 0 Å². The first-order valence-electron chi connectivity index (χ1n) is 3.98. The third-order valence-corrected chi connectivity index (χ3v) is 1.59. The number of nitrogens with one attached hydrogen (secondary N) is 1. The van der Waals surface area contributed by atoms with Crippen molar-refractivity contribution in [1.29, 1.82) is 0 Å². The zero-order chi connectivity index (χ0) is 7.82. The van der Waals surface area contributed by atoms with Gasteiger partial charge in [0.25, 0.3) is 0 Å². The summed E-state index contributed by atoms with van der Waals surface area (Å²) < 4.78 is 0. The van der Waals surface area contributed by atoms with Crippen molar-refractivity contribution in [1.82, 2.24) is 5.32 Å². The van der Waals surface area contributed by atoms with Crippen LogP contribution in [0.25, 0.3) is 0 Å². The molecule has 62 valence electrons. The van der Waals surface area contributed by atoms with Crippen LogP contribution >= 0.6 is 0 Å². The smallest absolute Gasteiger partial charge is 0.00771 e. The lowest BCUT2D eigenvalue weighted by Crippen LogP contribution is -2.34. The van der Waals surface area contributed by atoms with Crippen LogP contribution in [0, 0.1) is 0 Å². The molecule has 0 fully saturated rings. The lowest BCUT2D eigenvalue weighted by atomic mass is 10.1. The lowest BCUT2D eigenvalue weighted by molar-refractivity contribution is 0.479. The first kappa shape index (κ1) is 9.88. The van der Waals surface area contributed by atoms with Crippen molar-refractivity contribution in [3.05, 3.63) is 0 Å². The molecule has 5 N–H and O–H groups in total. The normalized spacial score (nSPS) is 13.5. The van der Waals surface area contributed by atoms with Crippen molar-refractivity contribution in [2.24, 2.45) is 11.5 Å². The van der Waals surface area contributed by atoms with E-state index in [-0.39, 0.29) is 0 Å². The van der Waals surface area contributed by atoms with E-state index in [0.29, 0.717) is 12.6 Å². The molecule has 0 bridgehead atoms. The molecule has 0 rings (SSSR count). The van der Waals surface area contributed by atoms with E-state index in [1.165, 1.54) is 0 Å². The molecule has 0 saturated carbocycles. The molecule has 0 aliphatic carbocycles. The second-order valence-corrected chi connectivity index (χ2v) is 2.43. The van der Waals surface area contributed by atoms with Crippen molar-refractivity contribution in [3.8, 4) is 0 Å². The molecule has 0 aliphatic rings. The number of hydrogen-bond acceptors (Lipinski definition) is 3. The highest BCUT2D eigenvalue weighted by Gasteiger charge is 2.01. The number of rotatable bonds is 6. The van der Waals surface area contributed by atoms with E-state index in [2.05, 4.69) is 12.2 Å². The summed E-state index contributed by atoms with van der Waals surface area (Å²) in [5.74, 6) is 0. The summed E-state index contributed by atoms with van der Waals surface area (Å²) in [7, 11) is 0. The Hall–Kier alpha value is -0.120. The predicted molar refractivity (Wildman–Crippen MR) is 44.8 cm³/mol. The van der Waals surface area contributed by atoms with E-state index in [0.717, 1.165) is 25.9 Å². The maximum absolute atomic E-state index is 5.41. The fraction of sp³-hybridized carbons (Fsp3) is 1.00. The van der Waals surface area contributed by atoms with Gasteiger partial charge in [-0.1, -0.05) is 6.92 Å². The Kier molecular flexibility index (Phi) is 6.91.